The molecular weight excluding hydrogens is 246 g/mol. The highest BCUT2D eigenvalue weighted by Gasteiger charge is 2.35. The Bertz CT molecular complexity index is 275. The first-order valence-corrected chi connectivity index (χ1v) is 7.23. The molecule has 1 aliphatic rings. The van der Waals surface area contributed by atoms with Gasteiger partial charge in [-0.1, -0.05) is 6.92 Å². The smallest absolute Gasteiger partial charge is 0.306 e. The molecule has 5 heteroatoms. The number of nitrogens with one attached hydrogen (secondary N) is 1. The van der Waals surface area contributed by atoms with Gasteiger partial charge in [-0.05, 0) is 51.0 Å². The fourth-order valence-corrected chi connectivity index (χ4v) is 2.57. The molecule has 1 atom stereocenters. The van der Waals surface area contributed by atoms with E-state index in [1.807, 2.05) is 6.92 Å². The number of aliphatic hydroxyl groups is 2. The van der Waals surface area contributed by atoms with Crippen molar-refractivity contribution in [1.82, 2.24) is 5.32 Å². The first-order valence-electron chi connectivity index (χ1n) is 7.23. The molecule has 0 saturated heterocycles. The molecule has 0 heterocycles. The normalized spacial score (nSPS) is 29.1. The van der Waals surface area contributed by atoms with E-state index in [-0.39, 0.29) is 12.5 Å². The van der Waals surface area contributed by atoms with Crippen molar-refractivity contribution in [3.63, 3.8) is 0 Å². The predicted molar refractivity (Wildman–Crippen MR) is 72.9 cm³/mol. The molecule has 4 N–H and O–H groups in total. The number of carboxylic acid groups (broad SMARTS) is 1. The lowest BCUT2D eigenvalue weighted by Crippen LogP contribution is -2.44. The minimum atomic E-state index is -0.743. The molecule has 112 valence electrons. The molecule has 5 nitrogen and oxygen atoms in total. The largest absolute Gasteiger partial charge is 0.481 e. The Morgan fingerprint density at radius 1 is 1.42 bits per heavy atom. The summed E-state index contributed by atoms with van der Waals surface area (Å²) in [4.78, 5) is 10.8. The zero-order chi connectivity index (χ0) is 14.3. The van der Waals surface area contributed by atoms with Crippen LogP contribution in [0.5, 0.6) is 0 Å². The number of carboxylic acids is 1. The summed E-state index contributed by atoms with van der Waals surface area (Å²) in [5.74, 6) is -0.699. The molecule has 0 aromatic rings. The van der Waals surface area contributed by atoms with E-state index in [0.29, 0.717) is 38.1 Å². The minimum Gasteiger partial charge on any atom is -0.481 e. The highest BCUT2D eigenvalue weighted by molar-refractivity contribution is 5.70. The van der Waals surface area contributed by atoms with Crippen LogP contribution >= 0.6 is 0 Å². The minimum absolute atomic E-state index is 0.223. The second-order valence-electron chi connectivity index (χ2n) is 5.94. The van der Waals surface area contributed by atoms with Gasteiger partial charge in [0.15, 0.2) is 0 Å². The van der Waals surface area contributed by atoms with Crippen LogP contribution in [-0.2, 0) is 4.79 Å². The zero-order valence-electron chi connectivity index (χ0n) is 11.8. The maximum Gasteiger partial charge on any atom is 0.306 e. The van der Waals surface area contributed by atoms with Crippen LogP contribution in [0.1, 0.15) is 45.4 Å². The van der Waals surface area contributed by atoms with Gasteiger partial charge in [0, 0.05) is 13.2 Å². The van der Waals surface area contributed by atoms with Gasteiger partial charge in [-0.15, -0.1) is 0 Å². The van der Waals surface area contributed by atoms with E-state index in [1.165, 1.54) is 0 Å². The van der Waals surface area contributed by atoms with Crippen LogP contribution in [0, 0.1) is 11.8 Å². The van der Waals surface area contributed by atoms with Crippen LogP contribution in [0.2, 0.25) is 0 Å². The maximum absolute atomic E-state index is 10.8. The fraction of sp³-hybridized carbons (Fsp3) is 0.929. The lowest BCUT2D eigenvalue weighted by molar-refractivity contribution is -0.144. The maximum atomic E-state index is 10.8. The standard InChI is InChI=1S/C14H27NO4/c1-11(9-16)3-2-8-15-10-14(19)6-4-12(5-7-14)13(17)18/h11-12,15-16,19H,2-10H2,1H3,(H,17,18). The summed E-state index contributed by atoms with van der Waals surface area (Å²) >= 11 is 0. The quantitative estimate of drug-likeness (QED) is 0.495. The molecule has 0 aliphatic heterocycles. The van der Waals surface area contributed by atoms with Crippen molar-refractivity contribution >= 4 is 5.97 Å². The Morgan fingerprint density at radius 3 is 2.58 bits per heavy atom. The van der Waals surface area contributed by atoms with Crippen molar-refractivity contribution in [2.75, 3.05) is 19.7 Å². The Labute approximate surface area is 115 Å². The van der Waals surface area contributed by atoms with E-state index in [0.717, 1.165) is 19.4 Å². The Morgan fingerprint density at radius 2 is 2.05 bits per heavy atom. The van der Waals surface area contributed by atoms with E-state index in [4.69, 9.17) is 10.2 Å². The van der Waals surface area contributed by atoms with E-state index < -0.39 is 11.6 Å². The van der Waals surface area contributed by atoms with Crippen molar-refractivity contribution in [2.45, 2.75) is 51.0 Å². The second-order valence-corrected chi connectivity index (χ2v) is 5.94. The summed E-state index contributed by atoms with van der Waals surface area (Å²) in [6, 6.07) is 0. The molecule has 0 radical (unpaired) electrons. The average Bonchev–Trinajstić information content (AvgIpc) is 2.38. The first-order chi connectivity index (χ1) is 8.97. The lowest BCUT2D eigenvalue weighted by atomic mass is 9.79. The predicted octanol–water partition coefficient (Wildman–Crippen LogP) is 0.990. The lowest BCUT2D eigenvalue weighted by Gasteiger charge is -2.34. The van der Waals surface area contributed by atoms with Crippen LogP contribution in [0.3, 0.4) is 0 Å². The summed E-state index contributed by atoms with van der Waals surface area (Å²) in [7, 11) is 0. The van der Waals surface area contributed by atoms with Crippen LogP contribution < -0.4 is 5.32 Å². The van der Waals surface area contributed by atoms with E-state index in [2.05, 4.69) is 5.32 Å². The van der Waals surface area contributed by atoms with Crippen LogP contribution in [-0.4, -0.2) is 46.6 Å². The molecule has 19 heavy (non-hydrogen) atoms. The molecule has 0 aromatic carbocycles. The zero-order valence-corrected chi connectivity index (χ0v) is 11.8. The summed E-state index contributed by atoms with van der Waals surface area (Å²) in [6.07, 6.45) is 4.21. The Kier molecular flexibility index (Phi) is 6.75. The molecule has 0 aromatic heterocycles. The number of aliphatic hydroxyl groups excluding tert-OH is 1. The first kappa shape index (κ1) is 16.4. The average molecular weight is 273 g/mol. The van der Waals surface area contributed by atoms with E-state index >= 15 is 0 Å². The summed E-state index contributed by atoms with van der Waals surface area (Å²) < 4.78 is 0. The van der Waals surface area contributed by atoms with Crippen LogP contribution in [0.4, 0.5) is 0 Å². The second kappa shape index (κ2) is 7.82. The number of aliphatic carboxylic acids is 1. The summed E-state index contributed by atoms with van der Waals surface area (Å²) in [5.41, 5.74) is -0.742. The monoisotopic (exact) mass is 273 g/mol. The van der Waals surface area contributed by atoms with Gasteiger partial charge in [-0.2, -0.15) is 0 Å². The number of hydrogen-bond donors (Lipinski definition) is 4. The van der Waals surface area contributed by atoms with Crippen molar-refractivity contribution in [3.8, 4) is 0 Å². The molecule has 1 saturated carbocycles. The van der Waals surface area contributed by atoms with Gasteiger partial charge in [-0.3, -0.25) is 4.79 Å². The van der Waals surface area contributed by atoms with Crippen molar-refractivity contribution < 1.29 is 20.1 Å². The molecule has 0 bridgehead atoms. The third kappa shape index (κ3) is 5.89. The van der Waals surface area contributed by atoms with Gasteiger partial charge < -0.3 is 20.6 Å². The highest BCUT2D eigenvalue weighted by Crippen LogP contribution is 2.31. The van der Waals surface area contributed by atoms with Gasteiger partial charge >= 0.3 is 5.97 Å². The SMILES string of the molecule is CC(CO)CCCNCC1(O)CCC(C(=O)O)CC1. The van der Waals surface area contributed by atoms with Crippen molar-refractivity contribution in [1.29, 1.82) is 0 Å². The van der Waals surface area contributed by atoms with Gasteiger partial charge in [0.25, 0.3) is 0 Å². The van der Waals surface area contributed by atoms with Gasteiger partial charge in [0.2, 0.25) is 0 Å². The summed E-state index contributed by atoms with van der Waals surface area (Å²) in [5, 5.41) is 31.4. The molecular formula is C14H27NO4. The molecule has 1 rings (SSSR count). The van der Waals surface area contributed by atoms with Gasteiger partial charge in [0.1, 0.15) is 0 Å². The Balaban J connectivity index is 2.14. The topological polar surface area (TPSA) is 89.8 Å². The third-order valence-electron chi connectivity index (χ3n) is 4.08. The summed E-state index contributed by atoms with van der Waals surface area (Å²) in [6.45, 7) is 3.60. The van der Waals surface area contributed by atoms with E-state index in [1.54, 1.807) is 0 Å². The van der Waals surface area contributed by atoms with Crippen LogP contribution in [0.25, 0.3) is 0 Å². The van der Waals surface area contributed by atoms with Gasteiger partial charge in [0.05, 0.1) is 11.5 Å². The van der Waals surface area contributed by atoms with E-state index in [9.17, 15) is 9.90 Å². The molecule has 0 spiro atoms. The van der Waals surface area contributed by atoms with Crippen LogP contribution in [0.15, 0.2) is 0 Å². The molecule has 1 unspecified atom stereocenters. The Hall–Kier alpha value is -0.650. The van der Waals surface area contributed by atoms with Crippen molar-refractivity contribution in [3.05, 3.63) is 0 Å². The number of rotatable bonds is 8. The van der Waals surface area contributed by atoms with Crippen molar-refractivity contribution in [2.24, 2.45) is 11.8 Å². The number of hydrogen-bond acceptors (Lipinski definition) is 4. The fourth-order valence-electron chi connectivity index (χ4n) is 2.57. The molecule has 1 aliphatic carbocycles. The number of carbonyl (C=O) groups is 1. The molecule has 0 amide bonds. The van der Waals surface area contributed by atoms with Gasteiger partial charge in [-0.25, -0.2) is 0 Å². The molecule has 1 fully saturated rings. The third-order valence-corrected chi connectivity index (χ3v) is 4.08. The highest BCUT2D eigenvalue weighted by atomic mass is 16.4.